The van der Waals surface area contributed by atoms with Gasteiger partial charge in [-0.15, -0.1) is 0 Å². The summed E-state index contributed by atoms with van der Waals surface area (Å²) in [5.41, 5.74) is 0. The quantitative estimate of drug-likeness (QED) is 0.514. The highest BCUT2D eigenvalue weighted by Gasteiger charge is 2.21. The first-order valence-corrected chi connectivity index (χ1v) is 4.92. The summed E-state index contributed by atoms with van der Waals surface area (Å²) < 4.78 is 9.59. The van der Waals surface area contributed by atoms with Gasteiger partial charge in [0, 0.05) is 0 Å². The third-order valence-corrected chi connectivity index (χ3v) is 1.93. The predicted octanol–water partition coefficient (Wildman–Crippen LogP) is 1.67. The van der Waals surface area contributed by atoms with Gasteiger partial charge in [0.05, 0.1) is 12.2 Å². The Hall–Kier alpha value is -1.06. The highest BCUT2D eigenvalue weighted by molar-refractivity contribution is 6.29. The number of rotatable bonds is 4. The van der Waals surface area contributed by atoms with Crippen molar-refractivity contribution in [3.05, 3.63) is 0 Å². The number of ether oxygens (including phenoxy) is 2. The van der Waals surface area contributed by atoms with Crippen molar-refractivity contribution in [3.8, 4) is 0 Å². The van der Waals surface area contributed by atoms with E-state index in [1.165, 1.54) is 0 Å². The Morgan fingerprint density at radius 1 is 0.929 bits per heavy atom. The fraction of sp³-hybridized carbons (Fsp3) is 0.800. The Bertz CT molecular complexity index is 178. The molecule has 14 heavy (non-hydrogen) atoms. The van der Waals surface area contributed by atoms with Crippen LogP contribution in [-0.4, -0.2) is 24.1 Å². The molecular weight excluding hydrogens is 184 g/mol. The van der Waals surface area contributed by atoms with E-state index in [1.807, 2.05) is 13.8 Å². The van der Waals surface area contributed by atoms with Gasteiger partial charge >= 0.3 is 11.9 Å². The Morgan fingerprint density at radius 3 is 1.43 bits per heavy atom. The number of carbonyl (C=O) groups is 2. The van der Waals surface area contributed by atoms with Crippen LogP contribution >= 0.6 is 0 Å². The monoisotopic (exact) mass is 202 g/mol. The summed E-state index contributed by atoms with van der Waals surface area (Å²) in [6.07, 6.45) is 0.879. The van der Waals surface area contributed by atoms with E-state index < -0.39 is 11.9 Å². The molecule has 0 bridgehead atoms. The van der Waals surface area contributed by atoms with Crippen LogP contribution in [0.4, 0.5) is 0 Å². The van der Waals surface area contributed by atoms with E-state index in [4.69, 9.17) is 9.47 Å². The zero-order chi connectivity index (χ0) is 11.1. The van der Waals surface area contributed by atoms with E-state index in [2.05, 4.69) is 0 Å². The van der Waals surface area contributed by atoms with Crippen LogP contribution in [0.15, 0.2) is 0 Å². The van der Waals surface area contributed by atoms with Gasteiger partial charge in [-0.1, -0.05) is 13.8 Å². The molecule has 0 saturated heterocycles. The number of carbonyl (C=O) groups excluding carboxylic acids is 2. The molecule has 2 atom stereocenters. The van der Waals surface area contributed by atoms with Crippen LogP contribution in [0.2, 0.25) is 0 Å². The molecule has 2 unspecified atom stereocenters. The van der Waals surface area contributed by atoms with Gasteiger partial charge < -0.3 is 9.47 Å². The van der Waals surface area contributed by atoms with Crippen molar-refractivity contribution >= 4 is 11.9 Å². The molecule has 0 rings (SSSR count). The average Bonchev–Trinajstić information content (AvgIpc) is 2.17. The predicted molar refractivity (Wildman–Crippen MR) is 51.7 cm³/mol. The molecule has 0 radical (unpaired) electrons. The zero-order valence-electron chi connectivity index (χ0n) is 9.20. The SMILES string of the molecule is CCC(C)OC(=O)C(=O)OC(C)CC. The van der Waals surface area contributed by atoms with Crippen LogP contribution in [0.25, 0.3) is 0 Å². The summed E-state index contributed by atoms with van der Waals surface area (Å²) in [6, 6.07) is 0. The molecule has 0 aromatic rings. The summed E-state index contributed by atoms with van der Waals surface area (Å²) in [5, 5.41) is 0. The third kappa shape index (κ3) is 4.84. The number of hydrogen-bond donors (Lipinski definition) is 0. The van der Waals surface area contributed by atoms with E-state index in [-0.39, 0.29) is 12.2 Å². The van der Waals surface area contributed by atoms with Crippen molar-refractivity contribution < 1.29 is 19.1 Å². The molecule has 0 saturated carbocycles. The van der Waals surface area contributed by atoms with Gasteiger partial charge in [0.1, 0.15) is 0 Å². The molecule has 0 aliphatic heterocycles. The molecule has 0 amide bonds. The lowest BCUT2D eigenvalue weighted by Crippen LogP contribution is -2.27. The Morgan fingerprint density at radius 2 is 1.21 bits per heavy atom. The van der Waals surface area contributed by atoms with Crippen molar-refractivity contribution in [1.82, 2.24) is 0 Å². The maximum Gasteiger partial charge on any atom is 0.417 e. The minimum atomic E-state index is -0.903. The van der Waals surface area contributed by atoms with Gasteiger partial charge in [-0.25, -0.2) is 9.59 Å². The lowest BCUT2D eigenvalue weighted by atomic mass is 10.3. The molecule has 82 valence electrons. The Balaban J connectivity index is 3.94. The first-order valence-electron chi connectivity index (χ1n) is 4.92. The van der Waals surface area contributed by atoms with Crippen LogP contribution in [-0.2, 0) is 19.1 Å². The summed E-state index contributed by atoms with van der Waals surface area (Å²) in [5.74, 6) is -1.81. The molecule has 0 aromatic heterocycles. The fourth-order valence-corrected chi connectivity index (χ4v) is 0.628. The standard InChI is InChI=1S/C10H18O4/c1-5-7(3)13-9(11)10(12)14-8(4)6-2/h7-8H,5-6H2,1-4H3. The highest BCUT2D eigenvalue weighted by atomic mass is 16.6. The molecule has 0 heterocycles. The van der Waals surface area contributed by atoms with Gasteiger partial charge in [0.15, 0.2) is 0 Å². The molecule has 0 fully saturated rings. The van der Waals surface area contributed by atoms with Gasteiger partial charge in [0.25, 0.3) is 0 Å². The fourth-order valence-electron chi connectivity index (χ4n) is 0.628. The second kappa shape index (κ2) is 6.40. The van der Waals surface area contributed by atoms with Crippen molar-refractivity contribution in [1.29, 1.82) is 0 Å². The van der Waals surface area contributed by atoms with Gasteiger partial charge in [-0.3, -0.25) is 0 Å². The first kappa shape index (κ1) is 12.9. The molecule has 0 aromatic carbocycles. The maximum absolute atomic E-state index is 11.1. The Labute approximate surface area is 84.6 Å². The van der Waals surface area contributed by atoms with Crippen molar-refractivity contribution in [3.63, 3.8) is 0 Å². The lowest BCUT2D eigenvalue weighted by molar-refractivity contribution is -0.173. The summed E-state index contributed by atoms with van der Waals surface area (Å²) in [7, 11) is 0. The number of hydrogen-bond acceptors (Lipinski definition) is 4. The van der Waals surface area contributed by atoms with E-state index in [9.17, 15) is 9.59 Å². The molecular formula is C10H18O4. The minimum Gasteiger partial charge on any atom is -0.454 e. The van der Waals surface area contributed by atoms with Crippen molar-refractivity contribution in [2.75, 3.05) is 0 Å². The second-order valence-electron chi connectivity index (χ2n) is 3.25. The molecule has 0 spiro atoms. The lowest BCUT2D eigenvalue weighted by Gasteiger charge is -2.12. The van der Waals surface area contributed by atoms with E-state index >= 15 is 0 Å². The average molecular weight is 202 g/mol. The third-order valence-electron chi connectivity index (χ3n) is 1.93. The van der Waals surface area contributed by atoms with Crippen molar-refractivity contribution in [2.24, 2.45) is 0 Å². The largest absolute Gasteiger partial charge is 0.454 e. The minimum absolute atomic E-state index is 0.244. The summed E-state index contributed by atoms with van der Waals surface area (Å²) in [4.78, 5) is 22.1. The van der Waals surface area contributed by atoms with Crippen LogP contribution < -0.4 is 0 Å². The van der Waals surface area contributed by atoms with Crippen LogP contribution in [0.3, 0.4) is 0 Å². The number of esters is 2. The second-order valence-corrected chi connectivity index (χ2v) is 3.25. The van der Waals surface area contributed by atoms with Gasteiger partial charge in [-0.05, 0) is 26.7 Å². The van der Waals surface area contributed by atoms with Crippen LogP contribution in [0.1, 0.15) is 40.5 Å². The summed E-state index contributed by atoms with van der Waals surface area (Å²) >= 11 is 0. The normalized spacial score (nSPS) is 14.3. The highest BCUT2D eigenvalue weighted by Crippen LogP contribution is 2.01. The summed E-state index contributed by atoms with van der Waals surface area (Å²) in [6.45, 7) is 7.21. The van der Waals surface area contributed by atoms with Gasteiger partial charge in [-0.2, -0.15) is 0 Å². The Kier molecular flexibility index (Phi) is 5.92. The molecule has 0 N–H and O–H groups in total. The molecule has 0 aliphatic rings. The topological polar surface area (TPSA) is 52.6 Å². The van der Waals surface area contributed by atoms with Crippen LogP contribution in [0.5, 0.6) is 0 Å². The van der Waals surface area contributed by atoms with E-state index in [0.717, 1.165) is 0 Å². The van der Waals surface area contributed by atoms with E-state index in [1.54, 1.807) is 13.8 Å². The van der Waals surface area contributed by atoms with Crippen molar-refractivity contribution in [2.45, 2.75) is 52.7 Å². The first-order chi connectivity index (χ1) is 6.51. The molecule has 4 nitrogen and oxygen atoms in total. The maximum atomic E-state index is 11.1. The smallest absolute Gasteiger partial charge is 0.417 e. The molecule has 4 heteroatoms. The zero-order valence-corrected chi connectivity index (χ0v) is 9.20. The van der Waals surface area contributed by atoms with Gasteiger partial charge in [0.2, 0.25) is 0 Å². The van der Waals surface area contributed by atoms with Crippen LogP contribution in [0, 0.1) is 0 Å². The van der Waals surface area contributed by atoms with E-state index in [0.29, 0.717) is 12.8 Å². The molecule has 0 aliphatic carbocycles.